The van der Waals surface area contributed by atoms with E-state index < -0.39 is 14.5 Å². The number of rotatable bonds is 8. The lowest BCUT2D eigenvalue weighted by atomic mass is 10.4. The molecule has 0 aliphatic carbocycles. The molecule has 0 aromatic carbocycles. The van der Waals surface area contributed by atoms with Crippen LogP contribution in [0, 0.1) is 0 Å². The molecular formula is C9H24N2O3Si. The summed E-state index contributed by atoms with van der Waals surface area (Å²) in [5.41, 5.74) is 10.6. The lowest BCUT2D eigenvalue weighted by molar-refractivity contribution is -0.00632. The molecule has 5 nitrogen and oxygen atoms in total. The SMILES string of the molecule is CCO[Si](CCN)(OCC)OC(C)(C)N. The van der Waals surface area contributed by atoms with Crippen LogP contribution in [0.4, 0.5) is 0 Å². The van der Waals surface area contributed by atoms with E-state index in [1.54, 1.807) is 13.8 Å². The van der Waals surface area contributed by atoms with Crippen LogP contribution in [0.2, 0.25) is 6.04 Å². The molecule has 0 amide bonds. The highest BCUT2D eigenvalue weighted by molar-refractivity contribution is 6.60. The van der Waals surface area contributed by atoms with Gasteiger partial charge in [-0.05, 0) is 34.2 Å². The van der Waals surface area contributed by atoms with Crippen LogP contribution >= 0.6 is 0 Å². The summed E-state index contributed by atoms with van der Waals surface area (Å²) in [5, 5.41) is 0. The summed E-state index contributed by atoms with van der Waals surface area (Å²) in [6.07, 6.45) is 0. The maximum atomic E-state index is 5.82. The molecule has 0 aliphatic rings. The molecule has 0 aliphatic heterocycles. The van der Waals surface area contributed by atoms with Gasteiger partial charge < -0.3 is 24.7 Å². The zero-order valence-electron chi connectivity index (χ0n) is 10.2. The highest BCUT2D eigenvalue weighted by Gasteiger charge is 2.43. The predicted molar refractivity (Wildman–Crippen MR) is 62.2 cm³/mol. The zero-order chi connectivity index (χ0) is 11.9. The van der Waals surface area contributed by atoms with Crippen LogP contribution in [0.25, 0.3) is 0 Å². The first-order valence-corrected chi connectivity index (χ1v) is 7.29. The molecular weight excluding hydrogens is 212 g/mol. The van der Waals surface area contributed by atoms with Crippen LogP contribution in [0.1, 0.15) is 27.7 Å². The van der Waals surface area contributed by atoms with Gasteiger partial charge in [0.1, 0.15) is 5.72 Å². The van der Waals surface area contributed by atoms with Gasteiger partial charge >= 0.3 is 8.80 Å². The van der Waals surface area contributed by atoms with Gasteiger partial charge in [0.25, 0.3) is 0 Å². The quantitative estimate of drug-likeness (QED) is 0.478. The van der Waals surface area contributed by atoms with Crippen molar-refractivity contribution in [3.05, 3.63) is 0 Å². The normalized spacial score (nSPS) is 13.2. The Balaban J connectivity index is 4.60. The van der Waals surface area contributed by atoms with Gasteiger partial charge in [-0.2, -0.15) is 0 Å². The molecule has 0 saturated heterocycles. The molecule has 0 heterocycles. The highest BCUT2D eigenvalue weighted by Crippen LogP contribution is 2.20. The highest BCUT2D eigenvalue weighted by atomic mass is 28.4. The smallest absolute Gasteiger partial charge is 0.374 e. The minimum Gasteiger partial charge on any atom is -0.374 e. The van der Waals surface area contributed by atoms with Crippen molar-refractivity contribution in [3.8, 4) is 0 Å². The molecule has 0 rings (SSSR count). The van der Waals surface area contributed by atoms with Gasteiger partial charge in [-0.1, -0.05) is 0 Å². The first-order chi connectivity index (χ1) is 6.89. The summed E-state index contributed by atoms with van der Waals surface area (Å²) in [6, 6.07) is 0.593. The summed E-state index contributed by atoms with van der Waals surface area (Å²) in [4.78, 5) is 0. The summed E-state index contributed by atoms with van der Waals surface area (Å²) in [7, 11) is -2.68. The Labute approximate surface area is 93.4 Å². The van der Waals surface area contributed by atoms with E-state index in [1.165, 1.54) is 0 Å². The summed E-state index contributed by atoms with van der Waals surface area (Å²) in [6.45, 7) is 8.94. The van der Waals surface area contributed by atoms with Crippen LogP contribution < -0.4 is 11.5 Å². The van der Waals surface area contributed by atoms with E-state index in [2.05, 4.69) is 0 Å². The first kappa shape index (κ1) is 15.0. The molecule has 0 atom stereocenters. The van der Waals surface area contributed by atoms with Crippen molar-refractivity contribution in [2.24, 2.45) is 11.5 Å². The molecule has 0 aromatic rings. The Kier molecular flexibility index (Phi) is 6.57. The Hall–Kier alpha value is 0.0169. The Morgan fingerprint density at radius 2 is 1.60 bits per heavy atom. The van der Waals surface area contributed by atoms with E-state index >= 15 is 0 Å². The molecule has 92 valence electrons. The van der Waals surface area contributed by atoms with Gasteiger partial charge in [-0.15, -0.1) is 0 Å². The Bertz CT molecular complexity index is 156. The maximum Gasteiger partial charge on any atom is 0.503 e. The summed E-state index contributed by atoms with van der Waals surface area (Å²) in [5.74, 6) is 0. The minimum atomic E-state index is -2.68. The number of hydrogen-bond acceptors (Lipinski definition) is 5. The molecule has 0 saturated carbocycles. The predicted octanol–water partition coefficient (Wildman–Crippen LogP) is 0.668. The third-order valence-electron chi connectivity index (χ3n) is 1.60. The number of nitrogens with two attached hydrogens (primary N) is 2. The van der Waals surface area contributed by atoms with Gasteiger partial charge in [0.15, 0.2) is 0 Å². The van der Waals surface area contributed by atoms with Crippen LogP contribution in [-0.4, -0.2) is 34.3 Å². The fourth-order valence-corrected chi connectivity index (χ4v) is 3.94. The fraction of sp³-hybridized carbons (Fsp3) is 1.00. The van der Waals surface area contributed by atoms with Crippen molar-refractivity contribution >= 4 is 8.80 Å². The lowest BCUT2D eigenvalue weighted by Gasteiger charge is -2.34. The first-order valence-electron chi connectivity index (χ1n) is 5.36. The van der Waals surface area contributed by atoms with Crippen molar-refractivity contribution < 1.29 is 13.3 Å². The molecule has 0 unspecified atom stereocenters. The zero-order valence-corrected chi connectivity index (χ0v) is 11.2. The van der Waals surface area contributed by atoms with Gasteiger partial charge in [-0.3, -0.25) is 0 Å². The van der Waals surface area contributed by atoms with Crippen molar-refractivity contribution in [2.45, 2.75) is 39.5 Å². The molecule has 0 bridgehead atoms. The van der Waals surface area contributed by atoms with Gasteiger partial charge in [0.05, 0.1) is 0 Å². The van der Waals surface area contributed by atoms with E-state index in [1.807, 2.05) is 13.8 Å². The minimum absolute atomic E-state index is 0.475. The monoisotopic (exact) mass is 236 g/mol. The average Bonchev–Trinajstić information content (AvgIpc) is 2.01. The van der Waals surface area contributed by atoms with Crippen molar-refractivity contribution in [3.63, 3.8) is 0 Å². The van der Waals surface area contributed by atoms with E-state index in [0.29, 0.717) is 25.8 Å². The molecule has 0 fully saturated rings. The summed E-state index contributed by atoms with van der Waals surface area (Å²) < 4.78 is 17.0. The molecule has 0 aromatic heterocycles. The molecule has 4 N–H and O–H groups in total. The third kappa shape index (κ3) is 6.24. The molecule has 6 heteroatoms. The second kappa shape index (κ2) is 6.57. The van der Waals surface area contributed by atoms with Crippen molar-refractivity contribution in [1.29, 1.82) is 0 Å². The second-order valence-electron chi connectivity index (χ2n) is 3.79. The van der Waals surface area contributed by atoms with Crippen LogP contribution in [-0.2, 0) is 13.3 Å². The average molecular weight is 236 g/mol. The van der Waals surface area contributed by atoms with Gasteiger partial charge in [0, 0.05) is 19.3 Å². The Morgan fingerprint density at radius 3 is 1.87 bits per heavy atom. The number of hydrogen-bond donors (Lipinski definition) is 2. The van der Waals surface area contributed by atoms with E-state index in [-0.39, 0.29) is 0 Å². The van der Waals surface area contributed by atoms with E-state index in [0.717, 1.165) is 0 Å². The van der Waals surface area contributed by atoms with Gasteiger partial charge in [-0.25, -0.2) is 0 Å². The van der Waals surface area contributed by atoms with E-state index in [4.69, 9.17) is 24.7 Å². The summed E-state index contributed by atoms with van der Waals surface area (Å²) >= 11 is 0. The van der Waals surface area contributed by atoms with Crippen LogP contribution in [0.3, 0.4) is 0 Å². The topological polar surface area (TPSA) is 79.7 Å². The maximum absolute atomic E-state index is 5.82. The second-order valence-corrected chi connectivity index (χ2v) is 6.44. The molecule has 0 spiro atoms. The molecule has 15 heavy (non-hydrogen) atoms. The van der Waals surface area contributed by atoms with Crippen LogP contribution in [0.5, 0.6) is 0 Å². The standard InChI is InChI=1S/C9H24N2O3Si/c1-5-12-15(8-7-10,13-6-2)14-9(3,4)11/h5-8,10-11H2,1-4H3. The van der Waals surface area contributed by atoms with Crippen molar-refractivity contribution in [2.75, 3.05) is 19.8 Å². The lowest BCUT2D eigenvalue weighted by Crippen LogP contribution is -2.55. The fourth-order valence-electron chi connectivity index (χ4n) is 1.31. The van der Waals surface area contributed by atoms with E-state index in [9.17, 15) is 0 Å². The Morgan fingerprint density at radius 1 is 1.13 bits per heavy atom. The van der Waals surface area contributed by atoms with Crippen molar-refractivity contribution in [1.82, 2.24) is 0 Å². The third-order valence-corrected chi connectivity index (χ3v) is 4.79. The van der Waals surface area contributed by atoms with Crippen LogP contribution in [0.15, 0.2) is 0 Å². The molecule has 0 radical (unpaired) electrons. The van der Waals surface area contributed by atoms with Gasteiger partial charge in [0.2, 0.25) is 0 Å². The largest absolute Gasteiger partial charge is 0.503 e.